The number of hydrogen-bond acceptors (Lipinski definition) is 5. The zero-order chi connectivity index (χ0) is 14.4. The minimum absolute atomic E-state index is 0.406. The van der Waals surface area contributed by atoms with Gasteiger partial charge in [0.05, 0.1) is 11.0 Å². The normalized spacial score (nSPS) is 11.3. The summed E-state index contributed by atoms with van der Waals surface area (Å²) in [4.78, 5) is 12.8. The molecule has 0 saturated heterocycles. The summed E-state index contributed by atoms with van der Waals surface area (Å²) in [7, 11) is 0. The van der Waals surface area contributed by atoms with Gasteiger partial charge in [-0.05, 0) is 25.1 Å². The van der Waals surface area contributed by atoms with Gasteiger partial charge in [-0.3, -0.25) is 14.4 Å². The topological polar surface area (TPSA) is 68.9 Å². The molecule has 0 atom stereocenters. The van der Waals surface area contributed by atoms with Gasteiger partial charge < -0.3 is 0 Å². The van der Waals surface area contributed by atoms with E-state index in [1.807, 2.05) is 29.5 Å². The lowest BCUT2D eigenvalue weighted by Gasteiger charge is -2.04. The van der Waals surface area contributed by atoms with Crippen molar-refractivity contribution in [3.8, 4) is 11.4 Å². The third-order valence-corrected chi connectivity index (χ3v) is 3.45. The zero-order valence-electron chi connectivity index (χ0n) is 11.0. The SMILES string of the molecule is Cc1nc(Cl)cc2nnc(-c3ccc4nccnc4c3)n12. The summed E-state index contributed by atoms with van der Waals surface area (Å²) >= 11 is 5.95. The van der Waals surface area contributed by atoms with Crippen LogP contribution in [0.5, 0.6) is 0 Å². The van der Waals surface area contributed by atoms with Gasteiger partial charge in [-0.2, -0.15) is 0 Å². The number of halogens is 1. The van der Waals surface area contributed by atoms with Crippen molar-refractivity contribution in [3.63, 3.8) is 0 Å². The Hall–Kier alpha value is -2.60. The van der Waals surface area contributed by atoms with E-state index in [0.717, 1.165) is 22.4 Å². The van der Waals surface area contributed by atoms with Gasteiger partial charge in [0.25, 0.3) is 0 Å². The van der Waals surface area contributed by atoms with E-state index < -0.39 is 0 Å². The summed E-state index contributed by atoms with van der Waals surface area (Å²) in [6.07, 6.45) is 3.34. The molecule has 3 aromatic heterocycles. The molecule has 0 radical (unpaired) electrons. The van der Waals surface area contributed by atoms with Crippen molar-refractivity contribution in [1.29, 1.82) is 0 Å². The molecule has 0 aliphatic heterocycles. The van der Waals surface area contributed by atoms with Gasteiger partial charge in [-0.1, -0.05) is 11.6 Å². The minimum Gasteiger partial charge on any atom is -0.263 e. The molecule has 0 N–H and O–H groups in total. The van der Waals surface area contributed by atoms with Gasteiger partial charge in [0.15, 0.2) is 11.5 Å². The van der Waals surface area contributed by atoms with Crippen LogP contribution >= 0.6 is 11.6 Å². The molecule has 0 saturated carbocycles. The van der Waals surface area contributed by atoms with Crippen LogP contribution in [0.4, 0.5) is 0 Å². The van der Waals surface area contributed by atoms with Gasteiger partial charge in [0.1, 0.15) is 11.0 Å². The Kier molecular flexibility index (Phi) is 2.58. The third-order valence-electron chi connectivity index (χ3n) is 3.26. The summed E-state index contributed by atoms with van der Waals surface area (Å²) in [6.45, 7) is 1.87. The Balaban J connectivity index is 2.00. The van der Waals surface area contributed by atoms with Crippen LogP contribution in [0.1, 0.15) is 5.82 Å². The van der Waals surface area contributed by atoms with Crippen LogP contribution in [0, 0.1) is 6.92 Å². The maximum atomic E-state index is 5.95. The van der Waals surface area contributed by atoms with E-state index in [2.05, 4.69) is 25.1 Å². The number of fused-ring (bicyclic) bond motifs is 2. The van der Waals surface area contributed by atoms with E-state index in [1.54, 1.807) is 18.5 Å². The first-order chi connectivity index (χ1) is 10.2. The molecular weight excluding hydrogens is 288 g/mol. The maximum Gasteiger partial charge on any atom is 0.169 e. The van der Waals surface area contributed by atoms with E-state index in [9.17, 15) is 0 Å². The fourth-order valence-corrected chi connectivity index (χ4v) is 2.56. The molecule has 3 heterocycles. The van der Waals surface area contributed by atoms with Crippen molar-refractivity contribution in [2.45, 2.75) is 6.92 Å². The molecule has 0 unspecified atom stereocenters. The van der Waals surface area contributed by atoms with E-state index in [4.69, 9.17) is 11.6 Å². The van der Waals surface area contributed by atoms with Crippen molar-refractivity contribution in [2.75, 3.05) is 0 Å². The first kappa shape index (κ1) is 12.2. The molecule has 102 valence electrons. The molecule has 0 amide bonds. The number of rotatable bonds is 1. The second-order valence-corrected chi connectivity index (χ2v) is 4.99. The van der Waals surface area contributed by atoms with Gasteiger partial charge >= 0.3 is 0 Å². The van der Waals surface area contributed by atoms with E-state index in [1.165, 1.54) is 0 Å². The average Bonchev–Trinajstić information content (AvgIpc) is 2.90. The summed E-state index contributed by atoms with van der Waals surface area (Å²) in [5.41, 5.74) is 3.23. The zero-order valence-corrected chi connectivity index (χ0v) is 11.8. The number of aryl methyl sites for hydroxylation is 1. The molecule has 4 aromatic rings. The second kappa shape index (κ2) is 4.46. The van der Waals surface area contributed by atoms with Crippen LogP contribution in [0.2, 0.25) is 5.15 Å². The molecular formula is C14H9ClN6. The van der Waals surface area contributed by atoms with Gasteiger partial charge in [-0.15, -0.1) is 10.2 Å². The highest BCUT2D eigenvalue weighted by atomic mass is 35.5. The molecule has 0 bridgehead atoms. The predicted molar refractivity (Wildman–Crippen MR) is 79.1 cm³/mol. The van der Waals surface area contributed by atoms with Gasteiger partial charge in [0, 0.05) is 24.0 Å². The summed E-state index contributed by atoms with van der Waals surface area (Å²) in [5, 5.41) is 8.80. The van der Waals surface area contributed by atoms with Crippen molar-refractivity contribution in [2.24, 2.45) is 0 Å². The Labute approximate surface area is 124 Å². The van der Waals surface area contributed by atoms with Crippen LogP contribution in [0.3, 0.4) is 0 Å². The molecule has 0 aliphatic rings. The maximum absolute atomic E-state index is 5.95. The molecule has 0 aliphatic carbocycles. The lowest BCUT2D eigenvalue weighted by atomic mass is 10.2. The highest BCUT2D eigenvalue weighted by molar-refractivity contribution is 6.29. The Bertz CT molecular complexity index is 978. The molecule has 1 aromatic carbocycles. The highest BCUT2D eigenvalue weighted by Crippen LogP contribution is 2.23. The van der Waals surface area contributed by atoms with Crippen LogP contribution in [-0.2, 0) is 0 Å². The summed E-state index contributed by atoms with van der Waals surface area (Å²) in [6, 6.07) is 7.48. The van der Waals surface area contributed by atoms with Crippen LogP contribution < -0.4 is 0 Å². The highest BCUT2D eigenvalue weighted by Gasteiger charge is 2.12. The molecule has 4 rings (SSSR count). The fraction of sp³-hybridized carbons (Fsp3) is 0.0714. The lowest BCUT2D eigenvalue weighted by Crippen LogP contribution is -1.98. The number of hydrogen-bond donors (Lipinski definition) is 0. The molecule has 0 fully saturated rings. The van der Waals surface area contributed by atoms with Crippen molar-refractivity contribution < 1.29 is 0 Å². The molecule has 21 heavy (non-hydrogen) atoms. The van der Waals surface area contributed by atoms with Crippen LogP contribution in [0.15, 0.2) is 36.7 Å². The monoisotopic (exact) mass is 296 g/mol. The smallest absolute Gasteiger partial charge is 0.169 e. The molecule has 6 nitrogen and oxygen atoms in total. The van der Waals surface area contributed by atoms with E-state index in [-0.39, 0.29) is 0 Å². The summed E-state index contributed by atoms with van der Waals surface area (Å²) < 4.78 is 1.86. The second-order valence-electron chi connectivity index (χ2n) is 4.60. The Morgan fingerprint density at radius 1 is 1.00 bits per heavy atom. The van der Waals surface area contributed by atoms with Crippen LogP contribution in [0.25, 0.3) is 28.1 Å². The first-order valence-electron chi connectivity index (χ1n) is 6.32. The number of nitrogens with zero attached hydrogens (tertiary/aromatic N) is 6. The standard InChI is InChI=1S/C14H9ClN6/c1-8-18-12(15)7-13-19-20-14(21(8)13)9-2-3-10-11(6-9)17-5-4-16-10/h2-7H,1H3. The largest absolute Gasteiger partial charge is 0.263 e. The lowest BCUT2D eigenvalue weighted by molar-refractivity contribution is 0.988. The Morgan fingerprint density at radius 2 is 1.81 bits per heavy atom. The van der Waals surface area contributed by atoms with Crippen molar-refractivity contribution in [1.82, 2.24) is 29.5 Å². The Morgan fingerprint density at radius 3 is 2.67 bits per heavy atom. The first-order valence-corrected chi connectivity index (χ1v) is 6.69. The number of aromatic nitrogens is 6. The number of benzene rings is 1. The predicted octanol–water partition coefficient (Wildman–Crippen LogP) is 2.70. The van der Waals surface area contributed by atoms with Crippen molar-refractivity contribution >= 4 is 28.3 Å². The van der Waals surface area contributed by atoms with Crippen LogP contribution in [-0.4, -0.2) is 29.5 Å². The minimum atomic E-state index is 0.406. The quantitative estimate of drug-likeness (QED) is 0.505. The van der Waals surface area contributed by atoms with Gasteiger partial charge in [0.2, 0.25) is 0 Å². The molecule has 0 spiro atoms. The van der Waals surface area contributed by atoms with E-state index >= 15 is 0 Å². The van der Waals surface area contributed by atoms with Gasteiger partial charge in [-0.25, -0.2) is 4.98 Å². The van der Waals surface area contributed by atoms with Crippen molar-refractivity contribution in [3.05, 3.63) is 47.6 Å². The molecule has 7 heteroatoms. The third kappa shape index (κ3) is 1.92. The fourth-order valence-electron chi connectivity index (χ4n) is 2.34. The average molecular weight is 297 g/mol. The summed E-state index contributed by atoms with van der Waals surface area (Å²) in [5.74, 6) is 1.44. The van der Waals surface area contributed by atoms with E-state index in [0.29, 0.717) is 16.6 Å².